The van der Waals surface area contributed by atoms with Gasteiger partial charge in [-0.1, -0.05) is 35.9 Å². The second-order valence-electron chi connectivity index (χ2n) is 5.61. The monoisotopic (exact) mass is 330 g/mol. The molecule has 0 aliphatic carbocycles. The Balaban J connectivity index is 1.59. The third-order valence-electron chi connectivity index (χ3n) is 3.92. The smallest absolute Gasteiger partial charge is 0.239 e. The number of amides is 1. The van der Waals surface area contributed by atoms with Gasteiger partial charge in [-0.05, 0) is 30.7 Å². The van der Waals surface area contributed by atoms with E-state index < -0.39 is 0 Å². The van der Waals surface area contributed by atoms with Crippen molar-refractivity contribution in [2.45, 2.75) is 19.4 Å². The van der Waals surface area contributed by atoms with Gasteiger partial charge in [0.1, 0.15) is 5.75 Å². The van der Waals surface area contributed by atoms with Crippen molar-refractivity contribution in [3.63, 3.8) is 0 Å². The number of anilines is 1. The summed E-state index contributed by atoms with van der Waals surface area (Å²) >= 11 is 6.09. The van der Waals surface area contributed by atoms with E-state index in [9.17, 15) is 4.79 Å². The van der Waals surface area contributed by atoms with Crippen molar-refractivity contribution < 1.29 is 9.53 Å². The van der Waals surface area contributed by atoms with Crippen molar-refractivity contribution in [2.24, 2.45) is 0 Å². The molecule has 0 bridgehead atoms. The van der Waals surface area contributed by atoms with Gasteiger partial charge in [0.15, 0.2) is 0 Å². The Morgan fingerprint density at radius 3 is 2.96 bits per heavy atom. The Kier molecular flexibility index (Phi) is 4.72. The van der Waals surface area contributed by atoms with E-state index in [1.54, 1.807) is 0 Å². The average molecular weight is 331 g/mol. The molecular weight excluding hydrogens is 312 g/mol. The predicted octanol–water partition coefficient (Wildman–Crippen LogP) is 3.70. The molecule has 23 heavy (non-hydrogen) atoms. The first-order valence-corrected chi connectivity index (χ1v) is 8.02. The lowest BCUT2D eigenvalue weighted by molar-refractivity contribution is -0.120. The summed E-state index contributed by atoms with van der Waals surface area (Å²) in [4.78, 5) is 12.2. The van der Waals surface area contributed by atoms with Crippen molar-refractivity contribution in [1.82, 2.24) is 5.32 Å². The molecule has 1 amide bonds. The summed E-state index contributed by atoms with van der Waals surface area (Å²) < 4.78 is 5.61. The van der Waals surface area contributed by atoms with E-state index in [1.165, 1.54) is 0 Å². The van der Waals surface area contributed by atoms with Crippen LogP contribution in [0, 0.1) is 6.92 Å². The number of carbonyl (C=O) groups is 1. The zero-order valence-corrected chi connectivity index (χ0v) is 13.7. The number of ether oxygens (including phenoxy) is 1. The van der Waals surface area contributed by atoms with E-state index >= 15 is 0 Å². The predicted molar refractivity (Wildman–Crippen MR) is 92.1 cm³/mol. The molecule has 2 aromatic rings. The summed E-state index contributed by atoms with van der Waals surface area (Å²) in [6, 6.07) is 13.5. The van der Waals surface area contributed by atoms with Crippen molar-refractivity contribution >= 4 is 23.2 Å². The van der Waals surface area contributed by atoms with Gasteiger partial charge in [-0.3, -0.25) is 4.79 Å². The number of fused-ring (bicyclic) bond motifs is 1. The van der Waals surface area contributed by atoms with Gasteiger partial charge in [-0.15, -0.1) is 0 Å². The zero-order valence-electron chi connectivity index (χ0n) is 12.9. The number of halogens is 1. The lowest BCUT2D eigenvalue weighted by Gasteiger charge is -2.26. The third-order valence-corrected chi connectivity index (χ3v) is 4.33. The van der Waals surface area contributed by atoms with Crippen LogP contribution in [-0.4, -0.2) is 19.1 Å². The van der Waals surface area contributed by atoms with Crippen LogP contribution in [0.5, 0.6) is 5.75 Å². The Morgan fingerprint density at radius 1 is 1.30 bits per heavy atom. The number of para-hydroxylation sites is 1. The van der Waals surface area contributed by atoms with E-state index in [0.717, 1.165) is 29.0 Å². The molecule has 1 aliphatic heterocycles. The van der Waals surface area contributed by atoms with Gasteiger partial charge in [0.2, 0.25) is 5.91 Å². The highest BCUT2D eigenvalue weighted by Gasteiger charge is 2.22. The van der Waals surface area contributed by atoms with Crippen LogP contribution in [0.2, 0.25) is 5.02 Å². The van der Waals surface area contributed by atoms with Crippen LogP contribution >= 0.6 is 11.6 Å². The highest BCUT2D eigenvalue weighted by Crippen LogP contribution is 2.31. The molecule has 120 valence electrons. The second-order valence-corrected chi connectivity index (χ2v) is 6.02. The Morgan fingerprint density at radius 2 is 2.13 bits per heavy atom. The summed E-state index contributed by atoms with van der Waals surface area (Å²) in [7, 11) is 0. The van der Waals surface area contributed by atoms with Crippen LogP contribution < -0.4 is 15.4 Å². The van der Waals surface area contributed by atoms with Crippen LogP contribution in [0.3, 0.4) is 0 Å². The Bertz CT molecular complexity index is 718. The number of benzene rings is 2. The van der Waals surface area contributed by atoms with E-state index in [1.807, 2.05) is 49.4 Å². The molecule has 2 N–H and O–H groups in total. The fourth-order valence-electron chi connectivity index (χ4n) is 2.62. The molecule has 4 nitrogen and oxygen atoms in total. The SMILES string of the molecule is Cc1ccc(NCC(=O)NC2CCOc3ccccc32)cc1Cl. The van der Waals surface area contributed by atoms with Crippen LogP contribution in [-0.2, 0) is 4.79 Å². The summed E-state index contributed by atoms with van der Waals surface area (Å²) in [5.41, 5.74) is 2.88. The van der Waals surface area contributed by atoms with E-state index in [-0.39, 0.29) is 18.5 Å². The maximum Gasteiger partial charge on any atom is 0.239 e. The van der Waals surface area contributed by atoms with Crippen LogP contribution in [0.1, 0.15) is 23.6 Å². The standard InChI is InChI=1S/C18H19ClN2O2/c1-12-6-7-13(10-15(12)19)20-11-18(22)21-16-8-9-23-17-5-3-2-4-14(16)17/h2-7,10,16,20H,8-9,11H2,1H3,(H,21,22). The van der Waals surface area contributed by atoms with E-state index in [4.69, 9.17) is 16.3 Å². The molecule has 3 rings (SSSR count). The molecule has 0 saturated heterocycles. The van der Waals surface area contributed by atoms with Crippen molar-refractivity contribution in [3.8, 4) is 5.75 Å². The first kappa shape index (κ1) is 15.7. The Hall–Kier alpha value is -2.20. The van der Waals surface area contributed by atoms with Crippen molar-refractivity contribution in [3.05, 3.63) is 58.6 Å². The summed E-state index contributed by atoms with van der Waals surface area (Å²) in [6.07, 6.45) is 0.777. The minimum Gasteiger partial charge on any atom is -0.493 e. The third kappa shape index (κ3) is 3.77. The van der Waals surface area contributed by atoms with Crippen molar-refractivity contribution in [1.29, 1.82) is 0 Å². The van der Waals surface area contributed by atoms with E-state index in [2.05, 4.69) is 10.6 Å². The van der Waals surface area contributed by atoms with Gasteiger partial charge in [0.25, 0.3) is 0 Å². The van der Waals surface area contributed by atoms with Gasteiger partial charge < -0.3 is 15.4 Å². The van der Waals surface area contributed by atoms with Gasteiger partial charge >= 0.3 is 0 Å². The molecule has 1 heterocycles. The molecule has 5 heteroatoms. The highest BCUT2D eigenvalue weighted by atomic mass is 35.5. The van der Waals surface area contributed by atoms with Crippen LogP contribution in [0.25, 0.3) is 0 Å². The number of rotatable bonds is 4. The molecule has 1 unspecified atom stereocenters. The normalized spacial score (nSPS) is 16.2. The molecule has 1 aliphatic rings. The lowest BCUT2D eigenvalue weighted by atomic mass is 10.0. The average Bonchev–Trinajstić information content (AvgIpc) is 2.56. The number of hydrogen-bond donors (Lipinski definition) is 2. The minimum absolute atomic E-state index is 0.00384. The summed E-state index contributed by atoms with van der Waals surface area (Å²) in [6.45, 7) is 2.77. The summed E-state index contributed by atoms with van der Waals surface area (Å²) in [5.74, 6) is 0.797. The quantitative estimate of drug-likeness (QED) is 0.898. The molecule has 2 aromatic carbocycles. The Labute approximate surface area is 140 Å². The first-order chi connectivity index (χ1) is 11.1. The molecule has 0 radical (unpaired) electrons. The van der Waals surface area contributed by atoms with Crippen molar-refractivity contribution in [2.75, 3.05) is 18.5 Å². The molecular formula is C18H19ClN2O2. The zero-order chi connectivity index (χ0) is 16.2. The first-order valence-electron chi connectivity index (χ1n) is 7.64. The van der Waals surface area contributed by atoms with Gasteiger partial charge in [0, 0.05) is 22.7 Å². The fraction of sp³-hybridized carbons (Fsp3) is 0.278. The molecule has 0 saturated carbocycles. The van der Waals surface area contributed by atoms with Crippen LogP contribution in [0.15, 0.2) is 42.5 Å². The maximum atomic E-state index is 12.2. The number of hydrogen-bond acceptors (Lipinski definition) is 3. The highest BCUT2D eigenvalue weighted by molar-refractivity contribution is 6.31. The largest absolute Gasteiger partial charge is 0.493 e. The number of aryl methyl sites for hydroxylation is 1. The minimum atomic E-state index is -0.0524. The van der Waals surface area contributed by atoms with Gasteiger partial charge in [-0.2, -0.15) is 0 Å². The molecule has 1 atom stereocenters. The lowest BCUT2D eigenvalue weighted by Crippen LogP contribution is -2.35. The molecule has 0 aromatic heterocycles. The number of nitrogens with one attached hydrogen (secondary N) is 2. The molecule has 0 fully saturated rings. The fourth-order valence-corrected chi connectivity index (χ4v) is 2.80. The van der Waals surface area contributed by atoms with Gasteiger partial charge in [0.05, 0.1) is 19.2 Å². The van der Waals surface area contributed by atoms with E-state index in [0.29, 0.717) is 11.6 Å². The maximum absolute atomic E-state index is 12.2. The van der Waals surface area contributed by atoms with Gasteiger partial charge in [-0.25, -0.2) is 0 Å². The second kappa shape index (κ2) is 6.92. The van der Waals surface area contributed by atoms with Crippen LogP contribution in [0.4, 0.5) is 5.69 Å². The molecule has 0 spiro atoms. The summed E-state index contributed by atoms with van der Waals surface area (Å²) in [5, 5.41) is 6.84. The topological polar surface area (TPSA) is 50.4 Å². The number of carbonyl (C=O) groups excluding carboxylic acids is 1.